The topological polar surface area (TPSA) is 45.6 Å². The van der Waals surface area contributed by atoms with E-state index in [0.717, 1.165) is 33.8 Å². The molecule has 0 radical (unpaired) electrons. The largest absolute Gasteiger partial charge is 0.283 e. The van der Waals surface area contributed by atoms with Gasteiger partial charge in [0.1, 0.15) is 5.70 Å². The second-order valence-corrected chi connectivity index (χ2v) is 6.77. The predicted octanol–water partition coefficient (Wildman–Crippen LogP) is 3.36. The third kappa shape index (κ3) is 2.28. The summed E-state index contributed by atoms with van der Waals surface area (Å²) in [4.78, 5) is 23.1. The minimum Gasteiger partial charge on any atom is -0.283 e. The summed E-state index contributed by atoms with van der Waals surface area (Å²) in [6, 6.07) is 6.38. The quantitative estimate of drug-likeness (QED) is 0.798. The van der Waals surface area contributed by atoms with Gasteiger partial charge in [-0.2, -0.15) is 0 Å². The van der Waals surface area contributed by atoms with Crippen molar-refractivity contribution in [2.24, 2.45) is 4.99 Å². The molecule has 6 heteroatoms. The Hall–Kier alpha value is -1.66. The maximum atomic E-state index is 12.5. The predicted molar refractivity (Wildman–Crippen MR) is 88.4 cm³/mol. The summed E-state index contributed by atoms with van der Waals surface area (Å²) in [6.45, 7) is 0. The Morgan fingerprint density at radius 3 is 3.05 bits per heavy atom. The van der Waals surface area contributed by atoms with Gasteiger partial charge >= 0.3 is 0 Å². The molecule has 0 bridgehead atoms. The number of rotatable bonds is 2. The molecule has 0 N–H and O–H groups in total. The molecular weight excluding hydrogens is 302 g/mol. The van der Waals surface area contributed by atoms with Crippen LogP contribution in [0, 0.1) is 0 Å². The molecule has 1 aliphatic heterocycles. The van der Waals surface area contributed by atoms with Gasteiger partial charge in [-0.05, 0) is 42.9 Å². The second kappa shape index (κ2) is 4.96. The van der Waals surface area contributed by atoms with Crippen molar-refractivity contribution in [3.05, 3.63) is 35.0 Å². The van der Waals surface area contributed by atoms with Crippen LogP contribution in [0.15, 0.2) is 34.4 Å². The minimum absolute atomic E-state index is 0.0336. The number of amides is 1. The van der Waals surface area contributed by atoms with E-state index in [-0.39, 0.29) is 5.91 Å². The molecule has 1 aromatic heterocycles. The number of thiazole rings is 1. The van der Waals surface area contributed by atoms with Gasteiger partial charge in [-0.25, -0.2) is 9.98 Å². The zero-order valence-electron chi connectivity index (χ0n) is 11.4. The molecule has 106 valence electrons. The first-order chi connectivity index (χ1) is 10.3. The lowest BCUT2D eigenvalue weighted by molar-refractivity contribution is -0.122. The fourth-order valence-corrected chi connectivity index (χ4v) is 3.77. The van der Waals surface area contributed by atoms with Gasteiger partial charge < -0.3 is 0 Å². The fraction of sp³-hybridized carbons (Fsp3) is 0.267. The van der Waals surface area contributed by atoms with Gasteiger partial charge in [-0.1, -0.05) is 17.8 Å². The number of hydrogen-bond acceptors (Lipinski definition) is 5. The lowest BCUT2D eigenvalue weighted by Gasteiger charge is -2.14. The first-order valence-corrected chi connectivity index (χ1v) is 8.88. The minimum atomic E-state index is 0.0336. The Kier molecular flexibility index (Phi) is 3.08. The highest BCUT2D eigenvalue weighted by Gasteiger charge is 2.40. The van der Waals surface area contributed by atoms with Crippen molar-refractivity contribution in [3.63, 3.8) is 0 Å². The number of amidine groups is 1. The monoisotopic (exact) mass is 315 g/mol. The number of nitrogens with zero attached hydrogens (tertiary/aromatic N) is 3. The van der Waals surface area contributed by atoms with Crippen molar-refractivity contribution in [2.45, 2.75) is 18.9 Å². The zero-order valence-corrected chi connectivity index (χ0v) is 13.1. The molecule has 4 rings (SSSR count). The van der Waals surface area contributed by atoms with Gasteiger partial charge in [0, 0.05) is 6.04 Å². The Morgan fingerprint density at radius 2 is 2.29 bits per heavy atom. The van der Waals surface area contributed by atoms with Gasteiger partial charge in [0.05, 0.1) is 15.7 Å². The molecule has 0 saturated heterocycles. The molecule has 1 amide bonds. The van der Waals surface area contributed by atoms with Crippen molar-refractivity contribution in [1.82, 2.24) is 9.88 Å². The van der Waals surface area contributed by atoms with Gasteiger partial charge in [-0.3, -0.25) is 9.69 Å². The van der Waals surface area contributed by atoms with E-state index in [1.807, 2.05) is 34.9 Å². The average Bonchev–Trinajstić information content (AvgIpc) is 3.13. The second-order valence-electron chi connectivity index (χ2n) is 5.11. The molecule has 1 fully saturated rings. The molecule has 0 spiro atoms. The van der Waals surface area contributed by atoms with Crippen LogP contribution < -0.4 is 0 Å². The highest BCUT2D eigenvalue weighted by molar-refractivity contribution is 8.13. The van der Waals surface area contributed by atoms with Gasteiger partial charge in [0.2, 0.25) is 0 Å². The molecule has 21 heavy (non-hydrogen) atoms. The van der Waals surface area contributed by atoms with E-state index >= 15 is 0 Å². The molecule has 0 atom stereocenters. The first kappa shape index (κ1) is 13.0. The van der Waals surface area contributed by atoms with Crippen molar-refractivity contribution in [2.75, 3.05) is 6.26 Å². The number of carbonyl (C=O) groups is 1. The van der Waals surface area contributed by atoms with Crippen LogP contribution in [0.3, 0.4) is 0 Å². The van der Waals surface area contributed by atoms with Crippen LogP contribution in [0.4, 0.5) is 0 Å². The maximum Gasteiger partial charge on any atom is 0.278 e. The number of thioether (sulfide) groups is 1. The van der Waals surface area contributed by atoms with Crippen LogP contribution in [-0.2, 0) is 4.79 Å². The smallest absolute Gasteiger partial charge is 0.278 e. The first-order valence-electron chi connectivity index (χ1n) is 6.77. The lowest BCUT2D eigenvalue weighted by Crippen LogP contribution is -2.32. The summed E-state index contributed by atoms with van der Waals surface area (Å²) in [5.74, 6) is 0.0336. The Labute approximate surface area is 130 Å². The van der Waals surface area contributed by atoms with Crippen molar-refractivity contribution in [3.8, 4) is 0 Å². The van der Waals surface area contributed by atoms with E-state index in [9.17, 15) is 4.79 Å². The van der Waals surface area contributed by atoms with Crippen LogP contribution in [0.25, 0.3) is 16.3 Å². The van der Waals surface area contributed by atoms with E-state index in [0.29, 0.717) is 11.7 Å². The third-order valence-corrected chi connectivity index (χ3v) is 5.06. The number of benzene rings is 1. The highest BCUT2D eigenvalue weighted by atomic mass is 32.2. The molecule has 1 saturated carbocycles. The SMILES string of the molecule is CSC1=N/C(=C\c2ccc3ncsc3c2)C(=O)N1C1CC1. The molecule has 4 nitrogen and oxygen atoms in total. The normalized spacial score (nSPS) is 20.6. The average molecular weight is 315 g/mol. The molecular formula is C15H13N3OS2. The van der Waals surface area contributed by atoms with Gasteiger partial charge in [0.15, 0.2) is 5.17 Å². The van der Waals surface area contributed by atoms with E-state index in [1.165, 1.54) is 11.8 Å². The van der Waals surface area contributed by atoms with Crippen LogP contribution in [-0.4, -0.2) is 33.3 Å². The Balaban J connectivity index is 1.71. The van der Waals surface area contributed by atoms with Crippen molar-refractivity contribution in [1.29, 1.82) is 0 Å². The highest BCUT2D eigenvalue weighted by Crippen LogP contribution is 2.34. The summed E-state index contributed by atoms with van der Waals surface area (Å²) in [6.07, 6.45) is 6.02. The third-order valence-electron chi connectivity index (χ3n) is 3.61. The standard InChI is InChI=1S/C15H13N3OS2/c1-20-15-17-12(14(19)18(15)10-3-4-10)6-9-2-5-11-13(7-9)21-8-16-11/h2,5-8,10H,3-4H2,1H3/b12-6-. The molecule has 2 aliphatic rings. The Bertz CT molecular complexity index is 789. The summed E-state index contributed by atoms with van der Waals surface area (Å²) < 4.78 is 1.13. The summed E-state index contributed by atoms with van der Waals surface area (Å²) >= 11 is 3.14. The zero-order chi connectivity index (χ0) is 14.4. The molecule has 0 unspecified atom stereocenters. The maximum absolute atomic E-state index is 12.5. The number of aliphatic imine (C=N–C) groups is 1. The summed E-state index contributed by atoms with van der Waals surface area (Å²) in [5.41, 5.74) is 4.36. The lowest BCUT2D eigenvalue weighted by atomic mass is 10.2. The molecule has 2 aromatic rings. The fourth-order valence-electron chi connectivity index (χ4n) is 2.43. The summed E-state index contributed by atoms with van der Waals surface area (Å²) in [5, 5.41) is 0.826. The molecule has 2 heterocycles. The van der Waals surface area contributed by atoms with Crippen LogP contribution in [0.5, 0.6) is 0 Å². The van der Waals surface area contributed by atoms with Crippen LogP contribution in [0.1, 0.15) is 18.4 Å². The number of aromatic nitrogens is 1. The number of fused-ring (bicyclic) bond motifs is 1. The van der Waals surface area contributed by atoms with E-state index in [2.05, 4.69) is 16.0 Å². The Morgan fingerprint density at radius 1 is 1.43 bits per heavy atom. The van der Waals surface area contributed by atoms with E-state index < -0.39 is 0 Å². The van der Waals surface area contributed by atoms with E-state index in [4.69, 9.17) is 0 Å². The summed E-state index contributed by atoms with van der Waals surface area (Å²) in [7, 11) is 0. The van der Waals surface area contributed by atoms with Crippen LogP contribution >= 0.6 is 23.1 Å². The van der Waals surface area contributed by atoms with Crippen LogP contribution in [0.2, 0.25) is 0 Å². The molecule has 1 aliphatic carbocycles. The molecule has 1 aromatic carbocycles. The number of carbonyl (C=O) groups excluding carboxylic acids is 1. The number of hydrogen-bond donors (Lipinski definition) is 0. The van der Waals surface area contributed by atoms with Crippen molar-refractivity contribution >= 4 is 50.5 Å². The van der Waals surface area contributed by atoms with Gasteiger partial charge in [-0.15, -0.1) is 11.3 Å². The van der Waals surface area contributed by atoms with E-state index in [1.54, 1.807) is 11.3 Å². The van der Waals surface area contributed by atoms with Crippen molar-refractivity contribution < 1.29 is 4.79 Å². The van der Waals surface area contributed by atoms with Gasteiger partial charge in [0.25, 0.3) is 5.91 Å².